The second-order valence-corrected chi connectivity index (χ2v) is 4.83. The SMILES string of the molecule is Cc1ccc(C(N)c2cnn3ccncc23)cc1C. The van der Waals surface area contributed by atoms with E-state index >= 15 is 0 Å². The molecule has 4 heteroatoms. The normalized spacial score (nSPS) is 12.8. The number of fused-ring (bicyclic) bond motifs is 1. The van der Waals surface area contributed by atoms with E-state index in [9.17, 15) is 0 Å². The molecule has 0 aliphatic rings. The summed E-state index contributed by atoms with van der Waals surface area (Å²) < 4.78 is 1.79. The highest BCUT2D eigenvalue weighted by atomic mass is 15.2. The highest BCUT2D eigenvalue weighted by Gasteiger charge is 2.14. The molecule has 0 aliphatic carbocycles. The number of aromatic nitrogens is 3. The quantitative estimate of drug-likeness (QED) is 0.762. The van der Waals surface area contributed by atoms with E-state index in [-0.39, 0.29) is 6.04 Å². The molecule has 19 heavy (non-hydrogen) atoms. The summed E-state index contributed by atoms with van der Waals surface area (Å²) in [4.78, 5) is 4.14. The highest BCUT2D eigenvalue weighted by Crippen LogP contribution is 2.24. The van der Waals surface area contributed by atoms with Crippen LogP contribution in [0.1, 0.15) is 28.3 Å². The Labute approximate surface area is 111 Å². The average molecular weight is 252 g/mol. The number of benzene rings is 1. The van der Waals surface area contributed by atoms with Crippen molar-refractivity contribution in [1.29, 1.82) is 0 Å². The number of nitrogens with zero attached hydrogens (tertiary/aromatic N) is 3. The van der Waals surface area contributed by atoms with Crippen molar-refractivity contribution in [3.63, 3.8) is 0 Å². The van der Waals surface area contributed by atoms with Crippen molar-refractivity contribution in [2.75, 3.05) is 0 Å². The monoisotopic (exact) mass is 252 g/mol. The molecule has 96 valence electrons. The van der Waals surface area contributed by atoms with Gasteiger partial charge in [-0.25, -0.2) is 4.52 Å². The molecule has 3 aromatic rings. The van der Waals surface area contributed by atoms with Gasteiger partial charge in [-0.15, -0.1) is 0 Å². The summed E-state index contributed by atoms with van der Waals surface area (Å²) in [5, 5.41) is 4.30. The fourth-order valence-electron chi connectivity index (χ4n) is 2.23. The Morgan fingerprint density at radius 3 is 2.79 bits per heavy atom. The molecule has 0 bridgehead atoms. The third-order valence-corrected chi connectivity index (χ3v) is 3.58. The first-order valence-corrected chi connectivity index (χ1v) is 6.27. The molecule has 1 unspecified atom stereocenters. The number of aryl methyl sites for hydroxylation is 2. The van der Waals surface area contributed by atoms with E-state index in [1.807, 2.05) is 12.4 Å². The van der Waals surface area contributed by atoms with Crippen molar-refractivity contribution < 1.29 is 0 Å². The van der Waals surface area contributed by atoms with Crippen molar-refractivity contribution in [1.82, 2.24) is 14.6 Å². The molecule has 2 heterocycles. The summed E-state index contributed by atoms with van der Waals surface area (Å²) in [6.07, 6.45) is 7.15. The first-order valence-electron chi connectivity index (χ1n) is 6.27. The van der Waals surface area contributed by atoms with E-state index in [4.69, 9.17) is 5.73 Å². The Hall–Kier alpha value is -2.20. The third kappa shape index (κ3) is 2.00. The fraction of sp³-hybridized carbons (Fsp3) is 0.200. The third-order valence-electron chi connectivity index (χ3n) is 3.58. The number of hydrogen-bond acceptors (Lipinski definition) is 3. The van der Waals surface area contributed by atoms with Crippen molar-refractivity contribution in [2.24, 2.45) is 5.73 Å². The number of rotatable bonds is 2. The second kappa shape index (κ2) is 4.48. The van der Waals surface area contributed by atoms with Gasteiger partial charge in [0, 0.05) is 18.0 Å². The molecule has 1 aromatic carbocycles. The highest BCUT2D eigenvalue weighted by molar-refractivity contribution is 5.55. The summed E-state index contributed by atoms with van der Waals surface area (Å²) in [6.45, 7) is 4.20. The van der Waals surface area contributed by atoms with Gasteiger partial charge in [0.1, 0.15) is 0 Å². The molecule has 0 saturated heterocycles. The Morgan fingerprint density at radius 1 is 1.16 bits per heavy atom. The van der Waals surface area contributed by atoms with E-state index in [1.165, 1.54) is 11.1 Å². The molecule has 0 saturated carbocycles. The molecular weight excluding hydrogens is 236 g/mol. The van der Waals surface area contributed by atoms with E-state index in [1.54, 1.807) is 16.9 Å². The summed E-state index contributed by atoms with van der Waals surface area (Å²) in [6, 6.07) is 6.14. The first-order chi connectivity index (χ1) is 9.16. The minimum atomic E-state index is -0.180. The maximum absolute atomic E-state index is 6.36. The van der Waals surface area contributed by atoms with Gasteiger partial charge >= 0.3 is 0 Å². The molecule has 1 atom stereocenters. The van der Waals surface area contributed by atoms with Gasteiger partial charge in [0.25, 0.3) is 0 Å². The minimum absolute atomic E-state index is 0.180. The van der Waals surface area contributed by atoms with Crippen LogP contribution in [0.5, 0.6) is 0 Å². The largest absolute Gasteiger partial charge is 0.320 e. The van der Waals surface area contributed by atoms with Gasteiger partial charge in [-0.1, -0.05) is 18.2 Å². The van der Waals surface area contributed by atoms with Gasteiger partial charge in [-0.3, -0.25) is 4.98 Å². The molecule has 0 amide bonds. The Balaban J connectivity index is 2.08. The van der Waals surface area contributed by atoms with E-state index in [0.717, 1.165) is 16.6 Å². The topological polar surface area (TPSA) is 56.2 Å². The molecule has 0 aliphatic heterocycles. The molecule has 0 fully saturated rings. The van der Waals surface area contributed by atoms with Gasteiger partial charge < -0.3 is 5.73 Å². The van der Waals surface area contributed by atoms with Gasteiger partial charge in [0.05, 0.1) is 24.0 Å². The predicted octanol–water partition coefficient (Wildman–Crippen LogP) is 2.39. The Morgan fingerprint density at radius 2 is 2.00 bits per heavy atom. The zero-order valence-electron chi connectivity index (χ0n) is 11.0. The van der Waals surface area contributed by atoms with Crippen LogP contribution in [0, 0.1) is 13.8 Å². The van der Waals surface area contributed by atoms with Crippen LogP contribution in [0.3, 0.4) is 0 Å². The van der Waals surface area contributed by atoms with Crippen LogP contribution in [0.4, 0.5) is 0 Å². The van der Waals surface area contributed by atoms with E-state index < -0.39 is 0 Å². The van der Waals surface area contributed by atoms with Crippen molar-refractivity contribution in [3.05, 3.63) is 65.2 Å². The average Bonchev–Trinajstić information content (AvgIpc) is 2.85. The lowest BCUT2D eigenvalue weighted by molar-refractivity contribution is 0.876. The maximum Gasteiger partial charge on any atom is 0.0896 e. The van der Waals surface area contributed by atoms with Crippen LogP contribution in [-0.4, -0.2) is 14.6 Å². The van der Waals surface area contributed by atoms with E-state index in [2.05, 4.69) is 42.1 Å². The first kappa shape index (κ1) is 11.9. The lowest BCUT2D eigenvalue weighted by Crippen LogP contribution is -2.12. The predicted molar refractivity (Wildman–Crippen MR) is 74.9 cm³/mol. The van der Waals surface area contributed by atoms with Crippen LogP contribution in [0.25, 0.3) is 5.52 Å². The molecule has 2 aromatic heterocycles. The van der Waals surface area contributed by atoms with Crippen molar-refractivity contribution >= 4 is 5.52 Å². The zero-order chi connectivity index (χ0) is 13.4. The summed E-state index contributed by atoms with van der Waals surface area (Å²) in [7, 11) is 0. The van der Waals surface area contributed by atoms with Crippen molar-refractivity contribution in [3.8, 4) is 0 Å². The van der Waals surface area contributed by atoms with E-state index in [0.29, 0.717) is 0 Å². The lowest BCUT2D eigenvalue weighted by atomic mass is 9.97. The smallest absolute Gasteiger partial charge is 0.0896 e. The van der Waals surface area contributed by atoms with Crippen LogP contribution in [-0.2, 0) is 0 Å². The Kier molecular flexibility index (Phi) is 2.80. The van der Waals surface area contributed by atoms with Gasteiger partial charge in [0.2, 0.25) is 0 Å². The molecular formula is C15H16N4. The molecule has 0 spiro atoms. The number of hydrogen-bond donors (Lipinski definition) is 1. The van der Waals surface area contributed by atoms with Gasteiger partial charge in [0.15, 0.2) is 0 Å². The van der Waals surface area contributed by atoms with Gasteiger partial charge in [-0.05, 0) is 30.5 Å². The molecule has 4 nitrogen and oxygen atoms in total. The summed E-state index contributed by atoms with van der Waals surface area (Å²) in [5.74, 6) is 0. The van der Waals surface area contributed by atoms with Crippen LogP contribution >= 0.6 is 0 Å². The van der Waals surface area contributed by atoms with Crippen LogP contribution < -0.4 is 5.73 Å². The molecule has 0 radical (unpaired) electrons. The van der Waals surface area contributed by atoms with Gasteiger partial charge in [-0.2, -0.15) is 5.10 Å². The zero-order valence-corrected chi connectivity index (χ0v) is 11.0. The van der Waals surface area contributed by atoms with Crippen LogP contribution in [0.15, 0.2) is 43.0 Å². The number of nitrogens with two attached hydrogens (primary N) is 1. The minimum Gasteiger partial charge on any atom is -0.320 e. The maximum atomic E-state index is 6.36. The molecule has 2 N–H and O–H groups in total. The van der Waals surface area contributed by atoms with Crippen LogP contribution in [0.2, 0.25) is 0 Å². The summed E-state index contributed by atoms with van der Waals surface area (Å²) in [5.41, 5.74) is 11.9. The van der Waals surface area contributed by atoms with Crippen molar-refractivity contribution in [2.45, 2.75) is 19.9 Å². The lowest BCUT2D eigenvalue weighted by Gasteiger charge is -2.12. The second-order valence-electron chi connectivity index (χ2n) is 4.83. The fourth-order valence-corrected chi connectivity index (χ4v) is 2.23. The standard InChI is InChI=1S/C15H16N4/c1-10-3-4-12(7-11(10)2)15(16)13-8-18-19-6-5-17-9-14(13)19/h3-9,15H,16H2,1-2H3. The summed E-state index contributed by atoms with van der Waals surface area (Å²) >= 11 is 0. The Bertz CT molecular complexity index is 730. The molecule has 3 rings (SSSR count).